The van der Waals surface area contributed by atoms with Crippen LogP contribution in [0.4, 0.5) is 4.39 Å². The summed E-state index contributed by atoms with van der Waals surface area (Å²) >= 11 is 0. The zero-order chi connectivity index (χ0) is 26.2. The van der Waals surface area contributed by atoms with E-state index in [1.807, 2.05) is 0 Å². The van der Waals surface area contributed by atoms with Gasteiger partial charge in [0.2, 0.25) is 0 Å². The molecule has 2 unspecified atom stereocenters. The fourth-order valence-electron chi connectivity index (χ4n) is 7.76. The molecule has 1 N–H and O–H groups in total. The summed E-state index contributed by atoms with van der Waals surface area (Å²) in [4.78, 5) is 42.1. The van der Waals surface area contributed by atoms with Crippen molar-refractivity contribution >= 4 is 21.7 Å². The van der Waals surface area contributed by atoms with E-state index in [1.54, 1.807) is 20.8 Å². The maximum Gasteiger partial charge on any atom is 0.295 e. The summed E-state index contributed by atoms with van der Waals surface area (Å²) in [6.07, 6.45) is 3.82. The van der Waals surface area contributed by atoms with Crippen LogP contribution in [0.5, 0.6) is 0 Å². The minimum absolute atomic E-state index is 0.190. The first-order valence-corrected chi connectivity index (χ1v) is 13.4. The second kappa shape index (κ2) is 7.91. The van der Waals surface area contributed by atoms with E-state index in [0.717, 1.165) is 6.26 Å². The Labute approximate surface area is 202 Å². The molecule has 8 atom stereocenters. The van der Waals surface area contributed by atoms with Crippen LogP contribution in [-0.4, -0.2) is 60.4 Å². The molecule has 0 saturated heterocycles. The van der Waals surface area contributed by atoms with Crippen molar-refractivity contribution in [3.63, 3.8) is 0 Å². The molecular formula is C23H30FNO9S. The Balaban J connectivity index is 1.82. The fourth-order valence-corrected chi connectivity index (χ4v) is 8.08. The maximum atomic E-state index is 17.2. The monoisotopic (exact) mass is 515 g/mol. The van der Waals surface area contributed by atoms with Gasteiger partial charge >= 0.3 is 0 Å². The van der Waals surface area contributed by atoms with E-state index in [4.69, 9.17) is 4.84 Å². The number of aliphatic hydroxyl groups is 1. The number of hydrogen-bond donors (Lipinski definition) is 1. The van der Waals surface area contributed by atoms with E-state index >= 15 is 4.39 Å². The van der Waals surface area contributed by atoms with Gasteiger partial charge in [-0.15, -0.1) is 10.1 Å². The molecule has 0 heterocycles. The number of fused-ring (bicyclic) bond motifs is 5. The third-order valence-corrected chi connectivity index (χ3v) is 9.76. The first-order valence-electron chi connectivity index (χ1n) is 11.6. The molecular weight excluding hydrogens is 485 g/mol. The van der Waals surface area contributed by atoms with Crippen molar-refractivity contribution in [3.05, 3.63) is 33.9 Å². The summed E-state index contributed by atoms with van der Waals surface area (Å²) in [6.45, 7) is 3.81. The van der Waals surface area contributed by atoms with Gasteiger partial charge in [0.15, 0.2) is 22.8 Å². The number of alkyl halides is 1. The van der Waals surface area contributed by atoms with Gasteiger partial charge in [0.05, 0.1) is 12.4 Å². The molecule has 4 aliphatic rings. The predicted molar refractivity (Wildman–Crippen MR) is 120 cm³/mol. The van der Waals surface area contributed by atoms with Gasteiger partial charge in [-0.05, 0) is 56.6 Å². The molecule has 0 aromatic heterocycles. The van der Waals surface area contributed by atoms with E-state index in [2.05, 4.69) is 4.18 Å². The summed E-state index contributed by atoms with van der Waals surface area (Å²) in [5.74, 6) is -3.38. The number of ketones is 2. The normalized spacial score (nSPS) is 44.6. The highest BCUT2D eigenvalue weighted by Crippen LogP contribution is 2.71. The van der Waals surface area contributed by atoms with E-state index < -0.39 is 73.6 Å². The van der Waals surface area contributed by atoms with Crippen LogP contribution in [0.25, 0.3) is 0 Å². The molecule has 35 heavy (non-hydrogen) atoms. The quantitative estimate of drug-likeness (QED) is 0.319. The first kappa shape index (κ1) is 25.9. The number of allylic oxidation sites excluding steroid dienone is 4. The van der Waals surface area contributed by atoms with Crippen LogP contribution >= 0.6 is 0 Å². The van der Waals surface area contributed by atoms with Crippen LogP contribution in [0, 0.1) is 38.7 Å². The minimum atomic E-state index is -4.03. The van der Waals surface area contributed by atoms with Gasteiger partial charge in [-0.3, -0.25) is 18.6 Å². The van der Waals surface area contributed by atoms with Crippen molar-refractivity contribution in [2.24, 2.45) is 28.6 Å². The van der Waals surface area contributed by atoms with Crippen molar-refractivity contribution in [1.29, 1.82) is 0 Å². The second-order valence-corrected chi connectivity index (χ2v) is 12.5. The van der Waals surface area contributed by atoms with Gasteiger partial charge in [-0.2, -0.15) is 8.42 Å². The Morgan fingerprint density at radius 1 is 1.34 bits per heavy atom. The molecule has 0 radical (unpaired) electrons. The second-order valence-electron chi connectivity index (χ2n) is 10.8. The molecule has 0 aromatic rings. The molecule has 4 rings (SSSR count). The molecule has 0 spiro atoms. The molecule has 3 fully saturated rings. The van der Waals surface area contributed by atoms with Crippen molar-refractivity contribution in [3.8, 4) is 0 Å². The van der Waals surface area contributed by atoms with Gasteiger partial charge in [0.25, 0.3) is 15.2 Å². The molecule has 0 amide bonds. The Morgan fingerprint density at radius 3 is 2.60 bits per heavy atom. The van der Waals surface area contributed by atoms with Crippen LogP contribution < -0.4 is 0 Å². The summed E-state index contributed by atoms with van der Waals surface area (Å²) in [7, 11) is -4.03. The highest BCUT2D eigenvalue weighted by molar-refractivity contribution is 7.86. The molecule has 194 valence electrons. The smallest absolute Gasteiger partial charge is 0.295 e. The SMILES string of the molecule is CC1C[C@H]2[C@@H]3CCC4=CC(=O)C=C[C@]4(C)[C@@]3(F)C(O)C[C@]2(C)[C@@]1(O[N+](=O)[O-])C(=O)COS(C)(=O)=O. The van der Waals surface area contributed by atoms with Gasteiger partial charge < -0.3 is 5.11 Å². The Kier molecular flexibility index (Phi) is 5.85. The van der Waals surface area contributed by atoms with Crippen LogP contribution in [0.2, 0.25) is 0 Å². The molecule has 4 aliphatic carbocycles. The third-order valence-electron chi connectivity index (χ3n) is 9.22. The van der Waals surface area contributed by atoms with E-state index in [9.17, 15) is 33.2 Å². The molecule has 0 aliphatic heterocycles. The Hall–Kier alpha value is -2.18. The highest BCUT2D eigenvalue weighted by atomic mass is 32.2. The maximum absolute atomic E-state index is 17.2. The standard InChI is InChI=1S/C23H30FNO9S/c1-13-9-17-16-6-5-14-10-15(26)7-8-20(14,2)22(16,24)18(27)11-21(17,3)23(13,34-25(29)30)19(28)12-33-35(4,31)32/h7-8,10,13,16-18,27H,5-6,9,11-12H2,1-4H3/t13?,16-,17-,18?,20-,21-,22-,23-/m0/s1. The number of Topliss-reactive ketones (excluding diaryl/α,β-unsaturated/α-hetero) is 1. The van der Waals surface area contributed by atoms with Crippen LogP contribution in [-0.2, 0) is 28.7 Å². The van der Waals surface area contributed by atoms with Crippen molar-refractivity contribution in [2.45, 2.75) is 63.8 Å². The molecule has 0 bridgehead atoms. The summed E-state index contributed by atoms with van der Waals surface area (Å²) in [6, 6.07) is 0. The first-order chi connectivity index (χ1) is 16.0. The van der Waals surface area contributed by atoms with E-state index in [-0.39, 0.29) is 25.0 Å². The third kappa shape index (κ3) is 3.43. The highest BCUT2D eigenvalue weighted by Gasteiger charge is 2.77. The summed E-state index contributed by atoms with van der Waals surface area (Å²) < 4.78 is 44.9. The number of aliphatic hydroxyl groups excluding tert-OH is 1. The van der Waals surface area contributed by atoms with Crippen molar-refractivity contribution < 1.29 is 41.6 Å². The Morgan fingerprint density at radius 2 is 2.00 bits per heavy atom. The topological polar surface area (TPSA) is 150 Å². The van der Waals surface area contributed by atoms with Gasteiger partial charge in [0.1, 0.15) is 6.61 Å². The van der Waals surface area contributed by atoms with Crippen molar-refractivity contribution in [1.82, 2.24) is 0 Å². The number of halogens is 1. The molecule has 12 heteroatoms. The van der Waals surface area contributed by atoms with Crippen LogP contribution in [0.15, 0.2) is 23.8 Å². The number of hydrogen-bond acceptors (Lipinski definition) is 9. The lowest BCUT2D eigenvalue weighted by Gasteiger charge is -2.62. The van der Waals surface area contributed by atoms with Crippen LogP contribution in [0.3, 0.4) is 0 Å². The van der Waals surface area contributed by atoms with E-state index in [0.29, 0.717) is 12.0 Å². The number of rotatable bonds is 6. The lowest BCUT2D eigenvalue weighted by molar-refractivity contribution is -0.782. The Bertz CT molecular complexity index is 1150. The summed E-state index contributed by atoms with van der Waals surface area (Å²) in [5, 5.41) is 21.9. The summed E-state index contributed by atoms with van der Waals surface area (Å²) in [5.41, 5.74) is -6.38. The predicted octanol–water partition coefficient (Wildman–Crippen LogP) is 2.10. The number of carbonyl (C=O) groups excluding carboxylic acids is 2. The minimum Gasteiger partial charge on any atom is -0.390 e. The van der Waals surface area contributed by atoms with Crippen molar-refractivity contribution in [2.75, 3.05) is 12.9 Å². The van der Waals surface area contributed by atoms with Crippen LogP contribution in [0.1, 0.15) is 46.5 Å². The zero-order valence-electron chi connectivity index (χ0n) is 20.0. The largest absolute Gasteiger partial charge is 0.390 e. The molecule has 10 nitrogen and oxygen atoms in total. The molecule has 3 saturated carbocycles. The van der Waals surface area contributed by atoms with Gasteiger partial charge in [0, 0.05) is 16.7 Å². The number of carbonyl (C=O) groups is 2. The lowest BCUT2D eigenvalue weighted by atomic mass is 9.44. The average molecular weight is 516 g/mol. The van der Waals surface area contributed by atoms with Gasteiger partial charge in [-0.25, -0.2) is 4.39 Å². The number of nitrogens with zero attached hydrogens (tertiary/aromatic N) is 1. The van der Waals surface area contributed by atoms with Gasteiger partial charge in [-0.1, -0.05) is 25.5 Å². The van der Waals surface area contributed by atoms with E-state index in [1.165, 1.54) is 18.2 Å². The molecule has 0 aromatic carbocycles. The fraction of sp³-hybridized carbons (Fsp3) is 0.739. The average Bonchev–Trinajstić information content (AvgIpc) is 2.95. The zero-order valence-corrected chi connectivity index (χ0v) is 20.8. The lowest BCUT2D eigenvalue weighted by Crippen LogP contribution is -2.70.